The summed E-state index contributed by atoms with van der Waals surface area (Å²) >= 11 is 0. The fourth-order valence-corrected chi connectivity index (χ4v) is 2.88. The van der Waals surface area contributed by atoms with Crippen LogP contribution in [0.4, 0.5) is 0 Å². The van der Waals surface area contributed by atoms with Crippen LogP contribution in [0.5, 0.6) is 0 Å². The number of carbonyl (C=O) groups excluding carboxylic acids is 1. The van der Waals surface area contributed by atoms with Crippen molar-refractivity contribution in [2.24, 2.45) is 5.10 Å². The number of hydrogen-bond acceptors (Lipinski definition) is 4. The minimum atomic E-state index is -0.166. The van der Waals surface area contributed by atoms with Crippen molar-refractivity contribution in [2.45, 2.75) is 13.0 Å². The normalized spacial score (nSPS) is 11.4. The van der Waals surface area contributed by atoms with E-state index in [-0.39, 0.29) is 12.3 Å². The SMILES string of the molecule is O=C(CCn1nnc2ccccc21)N/N=C/c1cccc2ccccc12. The molecule has 0 aliphatic carbocycles. The number of fused-ring (bicyclic) bond motifs is 2. The van der Waals surface area contributed by atoms with Crippen molar-refractivity contribution in [1.82, 2.24) is 20.4 Å². The lowest BCUT2D eigenvalue weighted by Crippen LogP contribution is -2.19. The van der Waals surface area contributed by atoms with Gasteiger partial charge in [-0.05, 0) is 22.9 Å². The zero-order chi connectivity index (χ0) is 17.8. The zero-order valence-corrected chi connectivity index (χ0v) is 14.0. The number of carbonyl (C=O) groups is 1. The van der Waals surface area contributed by atoms with Gasteiger partial charge in [-0.3, -0.25) is 4.79 Å². The summed E-state index contributed by atoms with van der Waals surface area (Å²) in [6.07, 6.45) is 1.95. The summed E-state index contributed by atoms with van der Waals surface area (Å²) in [5.41, 5.74) is 5.28. The highest BCUT2D eigenvalue weighted by Gasteiger charge is 2.06. The van der Waals surface area contributed by atoms with Crippen LogP contribution < -0.4 is 5.43 Å². The van der Waals surface area contributed by atoms with Crippen LogP contribution >= 0.6 is 0 Å². The monoisotopic (exact) mass is 343 g/mol. The quantitative estimate of drug-likeness (QED) is 0.447. The van der Waals surface area contributed by atoms with Crippen molar-refractivity contribution in [3.05, 3.63) is 72.3 Å². The molecule has 0 spiro atoms. The molecule has 4 aromatic rings. The first-order valence-electron chi connectivity index (χ1n) is 8.39. The molecule has 3 aromatic carbocycles. The van der Waals surface area contributed by atoms with Crippen LogP contribution in [0.15, 0.2) is 71.8 Å². The third-order valence-corrected chi connectivity index (χ3v) is 4.19. The summed E-state index contributed by atoms with van der Waals surface area (Å²) in [5.74, 6) is -0.166. The number of amides is 1. The Morgan fingerprint density at radius 1 is 1.04 bits per heavy atom. The van der Waals surface area contributed by atoms with Crippen LogP contribution in [0, 0.1) is 0 Å². The van der Waals surface area contributed by atoms with Crippen molar-refractivity contribution in [3.8, 4) is 0 Å². The van der Waals surface area contributed by atoms with E-state index >= 15 is 0 Å². The first kappa shape index (κ1) is 16.0. The average Bonchev–Trinajstić information content (AvgIpc) is 3.10. The maximum Gasteiger partial charge on any atom is 0.241 e. The van der Waals surface area contributed by atoms with E-state index in [0.717, 1.165) is 27.4 Å². The summed E-state index contributed by atoms with van der Waals surface area (Å²) < 4.78 is 1.73. The first-order chi connectivity index (χ1) is 12.8. The minimum absolute atomic E-state index is 0.166. The minimum Gasteiger partial charge on any atom is -0.273 e. The Balaban J connectivity index is 1.38. The molecule has 0 aliphatic rings. The highest BCUT2D eigenvalue weighted by atomic mass is 16.2. The molecule has 0 saturated heterocycles. The molecule has 6 heteroatoms. The smallest absolute Gasteiger partial charge is 0.241 e. The van der Waals surface area contributed by atoms with Crippen LogP contribution in [0.25, 0.3) is 21.8 Å². The molecule has 0 radical (unpaired) electrons. The van der Waals surface area contributed by atoms with E-state index in [0.29, 0.717) is 6.54 Å². The average molecular weight is 343 g/mol. The lowest BCUT2D eigenvalue weighted by molar-refractivity contribution is -0.121. The van der Waals surface area contributed by atoms with Crippen LogP contribution in [0.1, 0.15) is 12.0 Å². The van der Waals surface area contributed by atoms with E-state index in [9.17, 15) is 4.79 Å². The van der Waals surface area contributed by atoms with E-state index in [4.69, 9.17) is 0 Å². The number of para-hydroxylation sites is 1. The van der Waals surface area contributed by atoms with E-state index in [1.54, 1.807) is 10.9 Å². The van der Waals surface area contributed by atoms with Gasteiger partial charge in [0.05, 0.1) is 18.3 Å². The van der Waals surface area contributed by atoms with Gasteiger partial charge in [-0.2, -0.15) is 5.10 Å². The largest absolute Gasteiger partial charge is 0.273 e. The molecule has 0 unspecified atom stereocenters. The van der Waals surface area contributed by atoms with Gasteiger partial charge in [-0.15, -0.1) is 5.10 Å². The third kappa shape index (κ3) is 3.30. The van der Waals surface area contributed by atoms with Crippen molar-refractivity contribution in [1.29, 1.82) is 0 Å². The number of aromatic nitrogens is 3. The van der Waals surface area contributed by atoms with Gasteiger partial charge in [0.1, 0.15) is 5.52 Å². The van der Waals surface area contributed by atoms with E-state index in [1.807, 2.05) is 66.7 Å². The number of nitrogens with zero attached hydrogens (tertiary/aromatic N) is 4. The topological polar surface area (TPSA) is 72.2 Å². The Kier molecular flexibility index (Phi) is 4.38. The Morgan fingerprint density at radius 2 is 1.85 bits per heavy atom. The van der Waals surface area contributed by atoms with Crippen LogP contribution in [-0.4, -0.2) is 27.1 Å². The van der Waals surface area contributed by atoms with Crippen molar-refractivity contribution < 1.29 is 4.79 Å². The first-order valence-corrected chi connectivity index (χ1v) is 8.39. The molecule has 1 amide bonds. The molecule has 6 nitrogen and oxygen atoms in total. The highest BCUT2D eigenvalue weighted by molar-refractivity contribution is 5.99. The van der Waals surface area contributed by atoms with Crippen LogP contribution in [-0.2, 0) is 11.3 Å². The van der Waals surface area contributed by atoms with Gasteiger partial charge in [0.2, 0.25) is 5.91 Å². The Hall–Kier alpha value is -3.54. The van der Waals surface area contributed by atoms with E-state index in [1.165, 1.54) is 0 Å². The van der Waals surface area contributed by atoms with Crippen molar-refractivity contribution >= 4 is 33.9 Å². The summed E-state index contributed by atoms with van der Waals surface area (Å²) in [5, 5.41) is 14.5. The molecule has 0 fully saturated rings. The van der Waals surface area contributed by atoms with Gasteiger partial charge >= 0.3 is 0 Å². The third-order valence-electron chi connectivity index (χ3n) is 4.19. The molecular weight excluding hydrogens is 326 g/mol. The molecule has 4 rings (SSSR count). The van der Waals surface area contributed by atoms with Crippen LogP contribution in [0.2, 0.25) is 0 Å². The fourth-order valence-electron chi connectivity index (χ4n) is 2.88. The second kappa shape index (κ2) is 7.14. The molecule has 0 atom stereocenters. The summed E-state index contributed by atoms with van der Waals surface area (Å²) in [7, 11) is 0. The van der Waals surface area contributed by atoms with Crippen molar-refractivity contribution in [2.75, 3.05) is 0 Å². The lowest BCUT2D eigenvalue weighted by atomic mass is 10.1. The summed E-state index contributed by atoms with van der Waals surface area (Å²) in [6, 6.07) is 21.7. The maximum absolute atomic E-state index is 12.0. The highest BCUT2D eigenvalue weighted by Crippen LogP contribution is 2.16. The number of nitrogens with one attached hydrogen (secondary N) is 1. The van der Waals surface area contributed by atoms with E-state index < -0.39 is 0 Å². The van der Waals surface area contributed by atoms with Crippen molar-refractivity contribution in [3.63, 3.8) is 0 Å². The molecular formula is C20H17N5O. The van der Waals surface area contributed by atoms with Gasteiger partial charge in [-0.25, -0.2) is 10.1 Å². The Morgan fingerprint density at radius 3 is 2.81 bits per heavy atom. The molecule has 26 heavy (non-hydrogen) atoms. The predicted molar refractivity (Wildman–Crippen MR) is 102 cm³/mol. The molecule has 1 heterocycles. The molecule has 0 bridgehead atoms. The number of aryl methyl sites for hydroxylation is 1. The van der Waals surface area contributed by atoms with Gasteiger partial charge in [0.25, 0.3) is 0 Å². The summed E-state index contributed by atoms with van der Waals surface area (Å²) in [6.45, 7) is 0.454. The maximum atomic E-state index is 12.0. The van der Waals surface area contributed by atoms with Gasteiger partial charge in [0, 0.05) is 12.0 Å². The van der Waals surface area contributed by atoms with Crippen LogP contribution in [0.3, 0.4) is 0 Å². The number of rotatable bonds is 5. The van der Waals surface area contributed by atoms with Gasteiger partial charge in [0.15, 0.2) is 0 Å². The standard InChI is InChI=1S/C20H17N5O/c26-20(12-13-25-19-11-4-3-10-18(19)22-24-25)23-21-14-16-8-5-7-15-6-1-2-9-17(15)16/h1-11,14H,12-13H2,(H,23,26)/b21-14+. The van der Waals surface area contributed by atoms with Gasteiger partial charge < -0.3 is 0 Å². The molecule has 128 valence electrons. The molecule has 1 aromatic heterocycles. The Bertz CT molecular complexity index is 1090. The lowest BCUT2D eigenvalue weighted by Gasteiger charge is -2.03. The Labute approximate surface area is 150 Å². The molecule has 0 saturated carbocycles. The number of hydrogen-bond donors (Lipinski definition) is 1. The predicted octanol–water partition coefficient (Wildman–Crippen LogP) is 3.12. The second-order valence-corrected chi connectivity index (χ2v) is 5.91. The van der Waals surface area contributed by atoms with E-state index in [2.05, 4.69) is 20.8 Å². The second-order valence-electron chi connectivity index (χ2n) is 5.91. The summed E-state index contributed by atoms with van der Waals surface area (Å²) in [4.78, 5) is 12.0. The number of hydrazone groups is 1. The fraction of sp³-hybridized carbons (Fsp3) is 0.100. The van der Waals surface area contributed by atoms with Gasteiger partial charge in [-0.1, -0.05) is 59.8 Å². The molecule has 0 aliphatic heterocycles. The zero-order valence-electron chi connectivity index (χ0n) is 14.0. The molecule has 1 N–H and O–H groups in total. The number of benzene rings is 3.